The summed E-state index contributed by atoms with van der Waals surface area (Å²) in [4.78, 5) is 16.9. The van der Waals surface area contributed by atoms with E-state index in [-0.39, 0.29) is 5.92 Å². The first-order valence-corrected chi connectivity index (χ1v) is 7.42. The van der Waals surface area contributed by atoms with Crippen LogP contribution in [0.15, 0.2) is 43.0 Å². The van der Waals surface area contributed by atoms with Crippen LogP contribution in [0.2, 0.25) is 0 Å². The lowest BCUT2D eigenvalue weighted by Gasteiger charge is -2.38. The number of rotatable bonds is 4. The van der Waals surface area contributed by atoms with Crippen molar-refractivity contribution < 1.29 is 4.79 Å². The maximum Gasteiger partial charge on any atom is 0.151 e. The molecule has 2 saturated heterocycles. The van der Waals surface area contributed by atoms with Crippen LogP contribution in [0.25, 0.3) is 0 Å². The molecule has 3 rings (SSSR count). The van der Waals surface area contributed by atoms with Crippen molar-refractivity contribution in [1.82, 2.24) is 9.80 Å². The van der Waals surface area contributed by atoms with Gasteiger partial charge in [0.2, 0.25) is 0 Å². The van der Waals surface area contributed by atoms with Crippen LogP contribution in [0, 0.1) is 5.92 Å². The highest BCUT2D eigenvalue weighted by atomic mass is 16.1. The summed E-state index contributed by atoms with van der Waals surface area (Å²) in [7, 11) is 0. The maximum absolute atomic E-state index is 12.1. The summed E-state index contributed by atoms with van der Waals surface area (Å²) in [5.41, 5.74) is 1.35. The molecular weight excluding hydrogens is 248 g/mol. The summed E-state index contributed by atoms with van der Waals surface area (Å²) in [6.07, 6.45) is 2.71. The van der Waals surface area contributed by atoms with Gasteiger partial charge in [0.1, 0.15) is 0 Å². The standard InChI is InChI=1S/C17H22N2O/c1-2-6-15-16-12-18(9-10-19(16)13-17(15)20)11-14-7-4-3-5-8-14/h2-5,7-8,15-16H,1,6,9-13H2/t15?,16-/m0/s1. The SMILES string of the molecule is C=CCC1C(=O)CN2CCN(Cc3ccccc3)C[C@@H]12. The lowest BCUT2D eigenvalue weighted by Crippen LogP contribution is -2.51. The van der Waals surface area contributed by atoms with E-state index in [9.17, 15) is 4.79 Å². The number of benzene rings is 1. The van der Waals surface area contributed by atoms with Gasteiger partial charge in [-0.3, -0.25) is 14.6 Å². The van der Waals surface area contributed by atoms with Gasteiger partial charge in [-0.05, 0) is 12.0 Å². The summed E-state index contributed by atoms with van der Waals surface area (Å²) in [5, 5.41) is 0. The minimum atomic E-state index is 0.158. The minimum absolute atomic E-state index is 0.158. The fourth-order valence-corrected chi connectivity index (χ4v) is 3.47. The van der Waals surface area contributed by atoms with E-state index in [0.29, 0.717) is 18.4 Å². The van der Waals surface area contributed by atoms with Gasteiger partial charge < -0.3 is 0 Å². The highest BCUT2D eigenvalue weighted by Crippen LogP contribution is 2.28. The molecule has 1 aromatic carbocycles. The number of nitrogens with zero attached hydrogens (tertiary/aromatic N) is 2. The van der Waals surface area contributed by atoms with E-state index < -0.39 is 0 Å². The van der Waals surface area contributed by atoms with Gasteiger partial charge >= 0.3 is 0 Å². The van der Waals surface area contributed by atoms with Gasteiger partial charge in [-0.15, -0.1) is 6.58 Å². The van der Waals surface area contributed by atoms with Crippen molar-refractivity contribution in [2.75, 3.05) is 26.2 Å². The molecule has 0 saturated carbocycles. The van der Waals surface area contributed by atoms with Crippen LogP contribution in [0.3, 0.4) is 0 Å². The molecule has 2 aliphatic rings. The number of hydrogen-bond acceptors (Lipinski definition) is 3. The molecule has 1 unspecified atom stereocenters. The molecule has 3 nitrogen and oxygen atoms in total. The van der Waals surface area contributed by atoms with Crippen molar-refractivity contribution in [2.45, 2.75) is 19.0 Å². The molecule has 106 valence electrons. The summed E-state index contributed by atoms with van der Waals surface area (Å²) in [5.74, 6) is 0.558. The number of carbonyl (C=O) groups is 1. The van der Waals surface area contributed by atoms with Gasteiger partial charge in [0.15, 0.2) is 5.78 Å². The number of fused-ring (bicyclic) bond motifs is 1. The topological polar surface area (TPSA) is 23.6 Å². The van der Waals surface area contributed by atoms with Crippen LogP contribution < -0.4 is 0 Å². The van der Waals surface area contributed by atoms with Crippen molar-refractivity contribution >= 4 is 5.78 Å². The molecule has 0 aliphatic carbocycles. The minimum Gasteiger partial charge on any atom is -0.298 e. The van der Waals surface area contributed by atoms with Crippen LogP contribution in [0.5, 0.6) is 0 Å². The molecule has 0 amide bonds. The first-order valence-electron chi connectivity index (χ1n) is 7.42. The quantitative estimate of drug-likeness (QED) is 0.781. The summed E-state index contributed by atoms with van der Waals surface area (Å²) >= 11 is 0. The molecule has 3 heteroatoms. The molecule has 20 heavy (non-hydrogen) atoms. The number of carbonyl (C=O) groups excluding carboxylic acids is 1. The molecule has 0 radical (unpaired) electrons. The normalized spacial score (nSPS) is 27.5. The van der Waals surface area contributed by atoms with Crippen LogP contribution in [0.1, 0.15) is 12.0 Å². The molecule has 2 heterocycles. The Bertz CT molecular complexity index is 485. The predicted molar refractivity (Wildman–Crippen MR) is 80.4 cm³/mol. The monoisotopic (exact) mass is 270 g/mol. The van der Waals surface area contributed by atoms with Crippen LogP contribution in [-0.4, -0.2) is 47.8 Å². The molecule has 0 N–H and O–H groups in total. The second kappa shape index (κ2) is 5.90. The Morgan fingerprint density at radius 3 is 2.80 bits per heavy atom. The van der Waals surface area contributed by atoms with E-state index in [0.717, 1.165) is 32.6 Å². The van der Waals surface area contributed by atoms with E-state index in [1.165, 1.54) is 5.56 Å². The first-order chi connectivity index (χ1) is 9.78. The Morgan fingerprint density at radius 2 is 2.05 bits per heavy atom. The highest BCUT2D eigenvalue weighted by molar-refractivity contribution is 5.86. The van der Waals surface area contributed by atoms with Crippen molar-refractivity contribution in [3.8, 4) is 0 Å². The third kappa shape index (κ3) is 2.69. The molecule has 2 aliphatic heterocycles. The fraction of sp³-hybridized carbons (Fsp3) is 0.471. The van der Waals surface area contributed by atoms with Crippen molar-refractivity contribution in [1.29, 1.82) is 0 Å². The number of allylic oxidation sites excluding steroid dienone is 1. The predicted octanol–water partition coefficient (Wildman–Crippen LogP) is 1.95. The number of piperazine rings is 1. The molecule has 1 aromatic rings. The largest absolute Gasteiger partial charge is 0.298 e. The Morgan fingerprint density at radius 1 is 1.25 bits per heavy atom. The highest BCUT2D eigenvalue weighted by Gasteiger charge is 2.42. The lowest BCUT2D eigenvalue weighted by atomic mass is 9.94. The molecule has 0 bridgehead atoms. The Hall–Kier alpha value is -1.45. The third-order valence-electron chi connectivity index (χ3n) is 4.52. The first kappa shape index (κ1) is 13.5. The van der Waals surface area contributed by atoms with Crippen molar-refractivity contribution in [3.05, 3.63) is 48.6 Å². The van der Waals surface area contributed by atoms with E-state index in [1.54, 1.807) is 0 Å². The zero-order valence-electron chi connectivity index (χ0n) is 11.9. The molecule has 0 aromatic heterocycles. The van der Waals surface area contributed by atoms with E-state index in [4.69, 9.17) is 0 Å². The van der Waals surface area contributed by atoms with E-state index >= 15 is 0 Å². The number of Topliss-reactive ketones (excluding diaryl/α,β-unsaturated/α-hetero) is 1. The Labute approximate surface area is 120 Å². The van der Waals surface area contributed by atoms with Gasteiger partial charge in [-0.2, -0.15) is 0 Å². The average Bonchev–Trinajstić information content (AvgIpc) is 2.77. The average molecular weight is 270 g/mol. The Balaban J connectivity index is 1.66. The van der Waals surface area contributed by atoms with Crippen LogP contribution >= 0.6 is 0 Å². The number of hydrogen-bond donors (Lipinski definition) is 0. The van der Waals surface area contributed by atoms with E-state index in [1.807, 2.05) is 6.08 Å². The second-order valence-corrected chi connectivity index (χ2v) is 5.86. The van der Waals surface area contributed by atoms with Gasteiger partial charge in [0.25, 0.3) is 0 Å². The molecule has 0 spiro atoms. The number of ketones is 1. The van der Waals surface area contributed by atoms with Gasteiger partial charge in [0.05, 0.1) is 6.54 Å². The van der Waals surface area contributed by atoms with Crippen molar-refractivity contribution in [3.63, 3.8) is 0 Å². The summed E-state index contributed by atoms with van der Waals surface area (Å²) in [6, 6.07) is 11.0. The molecule has 2 atom stereocenters. The zero-order chi connectivity index (χ0) is 13.9. The summed E-state index contributed by atoms with van der Waals surface area (Å²) < 4.78 is 0. The zero-order valence-corrected chi connectivity index (χ0v) is 11.9. The van der Waals surface area contributed by atoms with Gasteiger partial charge in [-0.25, -0.2) is 0 Å². The maximum atomic E-state index is 12.1. The van der Waals surface area contributed by atoms with Crippen molar-refractivity contribution in [2.24, 2.45) is 5.92 Å². The fourth-order valence-electron chi connectivity index (χ4n) is 3.47. The summed E-state index contributed by atoms with van der Waals surface area (Å²) in [6.45, 7) is 8.49. The third-order valence-corrected chi connectivity index (χ3v) is 4.52. The van der Waals surface area contributed by atoms with Gasteiger partial charge in [-0.1, -0.05) is 36.4 Å². The molecule has 2 fully saturated rings. The smallest absolute Gasteiger partial charge is 0.151 e. The second-order valence-electron chi connectivity index (χ2n) is 5.86. The van der Waals surface area contributed by atoms with Gasteiger partial charge in [0, 0.05) is 38.1 Å². The van der Waals surface area contributed by atoms with Crippen LogP contribution in [-0.2, 0) is 11.3 Å². The Kier molecular flexibility index (Phi) is 3.99. The van der Waals surface area contributed by atoms with Crippen LogP contribution in [0.4, 0.5) is 0 Å². The molecular formula is C17H22N2O. The lowest BCUT2D eigenvalue weighted by molar-refractivity contribution is -0.119. The van der Waals surface area contributed by atoms with E-state index in [2.05, 4.69) is 46.7 Å².